The van der Waals surface area contributed by atoms with Crippen LogP contribution < -0.4 is 19.5 Å². The normalized spacial score (nSPS) is 18.2. The quantitative estimate of drug-likeness (QED) is 0.378. The summed E-state index contributed by atoms with van der Waals surface area (Å²) in [6.07, 6.45) is 5.18. The summed E-state index contributed by atoms with van der Waals surface area (Å²) in [6.45, 7) is 2.81. The maximum Gasteiger partial charge on any atom is 0.316 e. The molecule has 3 atom stereocenters. The Morgan fingerprint density at radius 1 is 1.05 bits per heavy atom. The Morgan fingerprint density at radius 2 is 1.79 bits per heavy atom. The first-order valence-corrected chi connectivity index (χ1v) is 13.1. The number of hydrogen-bond acceptors (Lipinski definition) is 7. The van der Waals surface area contributed by atoms with E-state index in [0.717, 1.165) is 30.5 Å². The molecule has 3 aromatic rings. The number of nitrogens with one attached hydrogen (secondary N) is 1. The zero-order chi connectivity index (χ0) is 27.2. The van der Waals surface area contributed by atoms with E-state index in [-0.39, 0.29) is 30.6 Å². The van der Waals surface area contributed by atoms with Gasteiger partial charge < -0.3 is 24.4 Å². The van der Waals surface area contributed by atoms with E-state index in [1.54, 1.807) is 26.6 Å². The van der Waals surface area contributed by atoms with Crippen molar-refractivity contribution in [1.82, 2.24) is 20.2 Å². The molecule has 1 saturated heterocycles. The van der Waals surface area contributed by atoms with Crippen molar-refractivity contribution in [2.75, 3.05) is 34.4 Å². The molecule has 1 amide bonds. The minimum atomic E-state index is -0.216. The van der Waals surface area contributed by atoms with Crippen molar-refractivity contribution in [3.05, 3.63) is 64.4 Å². The van der Waals surface area contributed by atoms with Gasteiger partial charge in [-0.1, -0.05) is 35.3 Å². The highest BCUT2D eigenvalue weighted by Gasteiger charge is 2.33. The average Bonchev–Trinajstić information content (AvgIpc) is 3.29. The van der Waals surface area contributed by atoms with Gasteiger partial charge in [-0.2, -0.15) is 0 Å². The van der Waals surface area contributed by atoms with E-state index in [1.165, 1.54) is 5.56 Å². The molecule has 2 heterocycles. The largest absolute Gasteiger partial charge is 0.493 e. The third kappa shape index (κ3) is 6.87. The van der Waals surface area contributed by atoms with Gasteiger partial charge in [0.2, 0.25) is 0 Å². The number of benzene rings is 2. The van der Waals surface area contributed by atoms with Crippen molar-refractivity contribution >= 4 is 29.1 Å². The first-order valence-electron chi connectivity index (χ1n) is 12.4. The Kier molecular flexibility index (Phi) is 9.31. The Labute approximate surface area is 233 Å². The van der Waals surface area contributed by atoms with Crippen molar-refractivity contribution in [3.63, 3.8) is 0 Å². The molecule has 202 valence electrons. The molecule has 0 saturated carbocycles. The molecule has 1 aromatic heterocycles. The van der Waals surface area contributed by atoms with Crippen molar-refractivity contribution in [3.8, 4) is 28.6 Å². The molecule has 1 N–H and O–H groups in total. The fourth-order valence-corrected chi connectivity index (χ4v) is 5.27. The number of rotatable bonds is 10. The lowest BCUT2D eigenvalue weighted by molar-refractivity contribution is -0.124. The van der Waals surface area contributed by atoms with Gasteiger partial charge in [-0.25, -0.2) is 9.97 Å². The monoisotopic (exact) mass is 558 g/mol. The molecule has 1 aliphatic heterocycles. The highest BCUT2D eigenvalue weighted by Crippen LogP contribution is 2.32. The van der Waals surface area contributed by atoms with Crippen LogP contribution in [0.2, 0.25) is 10.0 Å². The summed E-state index contributed by atoms with van der Waals surface area (Å²) < 4.78 is 16.2. The van der Waals surface area contributed by atoms with Crippen LogP contribution in [0.4, 0.5) is 0 Å². The highest BCUT2D eigenvalue weighted by atomic mass is 35.5. The second-order valence-electron chi connectivity index (χ2n) is 9.53. The van der Waals surface area contributed by atoms with E-state index in [1.807, 2.05) is 43.3 Å². The summed E-state index contributed by atoms with van der Waals surface area (Å²) in [7, 11) is 5.26. The van der Waals surface area contributed by atoms with E-state index in [0.29, 0.717) is 27.5 Å². The van der Waals surface area contributed by atoms with E-state index >= 15 is 0 Å². The Balaban J connectivity index is 1.26. The molecule has 1 aliphatic rings. The molecule has 2 aromatic carbocycles. The predicted octanol–water partition coefficient (Wildman–Crippen LogP) is 4.91. The standard InChI is InChI=1S/C28H32Cl2N4O4/c1-17(24-11-19(15-34(24)2)9-18-5-7-22(29)23(30)10-18)33-27(35)16-38-28-31-13-21(14-32-28)20-6-8-25(36-3)26(12-20)37-4/h5-8,10,12-14,17,19,24H,9,11,15-16H2,1-4H3,(H,33,35). The van der Waals surface area contributed by atoms with Crippen LogP contribution in [-0.2, 0) is 11.2 Å². The topological polar surface area (TPSA) is 85.8 Å². The molecule has 38 heavy (non-hydrogen) atoms. The number of likely N-dealkylation sites (N-methyl/N-ethyl adjacent to an activating group) is 1. The summed E-state index contributed by atoms with van der Waals surface area (Å²) in [5.74, 6) is 1.51. The van der Waals surface area contributed by atoms with Crippen LogP contribution in [0.25, 0.3) is 11.1 Å². The minimum absolute atomic E-state index is 0.0387. The van der Waals surface area contributed by atoms with Crippen LogP contribution in [0.5, 0.6) is 17.5 Å². The Hall–Kier alpha value is -3.07. The number of likely N-dealkylation sites (tertiary alicyclic amines) is 1. The Morgan fingerprint density at radius 3 is 2.47 bits per heavy atom. The van der Waals surface area contributed by atoms with Gasteiger partial charge in [0, 0.05) is 36.6 Å². The molecule has 0 bridgehead atoms. The van der Waals surface area contributed by atoms with Gasteiger partial charge >= 0.3 is 6.01 Å². The number of methoxy groups -OCH3 is 2. The Bertz CT molecular complexity index is 1260. The smallest absolute Gasteiger partial charge is 0.316 e. The van der Waals surface area contributed by atoms with Crippen LogP contribution in [0.1, 0.15) is 18.9 Å². The maximum absolute atomic E-state index is 12.6. The molecule has 4 rings (SSSR count). The van der Waals surface area contributed by atoms with Crippen molar-refractivity contribution in [2.24, 2.45) is 5.92 Å². The van der Waals surface area contributed by atoms with Gasteiger partial charge in [-0.05, 0) is 68.1 Å². The molecule has 1 fully saturated rings. The van der Waals surface area contributed by atoms with Gasteiger partial charge in [0.15, 0.2) is 18.1 Å². The molecule has 0 aliphatic carbocycles. The van der Waals surface area contributed by atoms with E-state index in [9.17, 15) is 4.79 Å². The molecular formula is C28H32Cl2N4O4. The number of carbonyl (C=O) groups is 1. The average molecular weight is 559 g/mol. The lowest BCUT2D eigenvalue weighted by atomic mass is 9.95. The maximum atomic E-state index is 12.6. The van der Waals surface area contributed by atoms with Crippen LogP contribution in [0.3, 0.4) is 0 Å². The van der Waals surface area contributed by atoms with Crippen LogP contribution in [-0.4, -0.2) is 67.3 Å². The van der Waals surface area contributed by atoms with Crippen molar-refractivity contribution in [1.29, 1.82) is 0 Å². The second kappa shape index (κ2) is 12.7. The summed E-state index contributed by atoms with van der Waals surface area (Å²) in [4.78, 5) is 23.4. The second-order valence-corrected chi connectivity index (χ2v) is 10.3. The summed E-state index contributed by atoms with van der Waals surface area (Å²) in [5, 5.41) is 4.20. The molecular weight excluding hydrogens is 527 g/mol. The summed E-state index contributed by atoms with van der Waals surface area (Å²) in [5.41, 5.74) is 2.83. The molecule has 8 nitrogen and oxygen atoms in total. The van der Waals surface area contributed by atoms with Crippen molar-refractivity contribution in [2.45, 2.75) is 31.8 Å². The minimum Gasteiger partial charge on any atom is -0.493 e. The number of hydrogen-bond donors (Lipinski definition) is 1. The van der Waals surface area contributed by atoms with Gasteiger partial charge in [0.25, 0.3) is 5.91 Å². The van der Waals surface area contributed by atoms with E-state index in [4.69, 9.17) is 37.4 Å². The number of carbonyl (C=O) groups excluding carboxylic acids is 1. The summed E-state index contributed by atoms with van der Waals surface area (Å²) in [6, 6.07) is 11.7. The fraction of sp³-hybridized carbons (Fsp3) is 0.393. The van der Waals surface area contributed by atoms with E-state index < -0.39 is 0 Å². The first kappa shape index (κ1) is 28.0. The van der Waals surface area contributed by atoms with Gasteiger partial charge in [0.05, 0.1) is 24.3 Å². The molecule has 10 heteroatoms. The van der Waals surface area contributed by atoms with Gasteiger partial charge in [0.1, 0.15) is 0 Å². The number of nitrogens with zero attached hydrogens (tertiary/aromatic N) is 3. The van der Waals surface area contributed by atoms with E-state index in [2.05, 4.69) is 27.2 Å². The predicted molar refractivity (Wildman–Crippen MR) is 148 cm³/mol. The number of amides is 1. The van der Waals surface area contributed by atoms with Gasteiger partial charge in [-0.3, -0.25) is 4.79 Å². The zero-order valence-corrected chi connectivity index (χ0v) is 23.4. The van der Waals surface area contributed by atoms with Gasteiger partial charge in [-0.15, -0.1) is 0 Å². The van der Waals surface area contributed by atoms with Crippen LogP contribution in [0, 0.1) is 5.92 Å². The SMILES string of the molecule is COc1ccc(-c2cnc(OCC(=O)NC(C)C3CC(Cc4ccc(Cl)c(Cl)c4)CN3C)nc2)cc1OC. The third-order valence-electron chi connectivity index (χ3n) is 6.84. The van der Waals surface area contributed by atoms with Crippen LogP contribution in [0.15, 0.2) is 48.8 Å². The molecule has 3 unspecified atom stereocenters. The molecule has 0 radical (unpaired) electrons. The summed E-state index contributed by atoms with van der Waals surface area (Å²) >= 11 is 12.2. The highest BCUT2D eigenvalue weighted by molar-refractivity contribution is 6.42. The number of ether oxygens (including phenoxy) is 3. The van der Waals surface area contributed by atoms with Crippen molar-refractivity contribution < 1.29 is 19.0 Å². The fourth-order valence-electron chi connectivity index (χ4n) is 4.95. The number of aromatic nitrogens is 2. The lowest BCUT2D eigenvalue weighted by Gasteiger charge is -2.26. The molecule has 0 spiro atoms. The third-order valence-corrected chi connectivity index (χ3v) is 7.58. The van der Waals surface area contributed by atoms with Crippen LogP contribution >= 0.6 is 23.2 Å². The zero-order valence-electron chi connectivity index (χ0n) is 21.9. The number of halogens is 2. The lowest BCUT2D eigenvalue weighted by Crippen LogP contribution is -2.47. The first-order chi connectivity index (χ1) is 18.3.